The van der Waals surface area contributed by atoms with E-state index in [1.165, 1.54) is 35.3 Å². The van der Waals surface area contributed by atoms with Gasteiger partial charge in [0.25, 0.3) is 0 Å². The lowest BCUT2D eigenvalue weighted by Gasteiger charge is -2.27. The molecule has 0 radical (unpaired) electrons. The number of hydrogen-bond donors (Lipinski definition) is 3. The topological polar surface area (TPSA) is 111 Å². The van der Waals surface area contributed by atoms with Gasteiger partial charge in [-0.3, -0.25) is 4.79 Å². The number of nitrogens with two attached hydrogens (primary N) is 1. The van der Waals surface area contributed by atoms with Crippen molar-refractivity contribution >= 4 is 18.0 Å². The van der Waals surface area contributed by atoms with Crippen LogP contribution in [0.3, 0.4) is 0 Å². The number of hydrogen-bond acceptors (Lipinski definition) is 6. The van der Waals surface area contributed by atoms with Crippen molar-refractivity contribution in [1.82, 2.24) is 14.9 Å². The number of aromatic nitrogens is 2. The fourth-order valence-electron chi connectivity index (χ4n) is 3.23. The molecule has 2 aromatic carbocycles. The summed E-state index contributed by atoms with van der Waals surface area (Å²) in [5.74, 6) is -0.636. The number of halogens is 1. The Hall–Kier alpha value is -3.82. The van der Waals surface area contributed by atoms with E-state index in [0.717, 1.165) is 5.56 Å². The molecule has 8 nitrogen and oxygen atoms in total. The molecule has 1 heterocycles. The Labute approximate surface area is 204 Å². The smallest absolute Gasteiger partial charge is 0.250 e. The number of carbonyl (C=O) groups excluding carboxylic acids is 2. The first-order valence-electron chi connectivity index (χ1n) is 11.1. The van der Waals surface area contributed by atoms with Crippen LogP contribution in [0.1, 0.15) is 31.0 Å². The van der Waals surface area contributed by atoms with Crippen molar-refractivity contribution in [3.05, 3.63) is 96.3 Å². The number of ether oxygens (including phenoxy) is 1. The van der Waals surface area contributed by atoms with Gasteiger partial charge in [0, 0.05) is 17.4 Å². The van der Waals surface area contributed by atoms with Crippen LogP contribution in [-0.4, -0.2) is 39.9 Å². The van der Waals surface area contributed by atoms with Crippen molar-refractivity contribution in [1.29, 1.82) is 0 Å². The molecule has 0 aliphatic carbocycles. The summed E-state index contributed by atoms with van der Waals surface area (Å²) < 4.78 is 20.9. The summed E-state index contributed by atoms with van der Waals surface area (Å²) in [6.45, 7) is 7.87. The van der Waals surface area contributed by atoms with Crippen LogP contribution in [-0.2, 0) is 20.9 Å². The van der Waals surface area contributed by atoms with Crippen molar-refractivity contribution in [3.63, 3.8) is 0 Å². The summed E-state index contributed by atoms with van der Waals surface area (Å²) in [4.78, 5) is 29.0. The minimum absolute atomic E-state index is 0.0524. The first kappa shape index (κ1) is 25.8. The molecule has 0 spiro atoms. The van der Waals surface area contributed by atoms with Gasteiger partial charge < -0.3 is 30.5 Å². The number of benzene rings is 2. The van der Waals surface area contributed by atoms with Gasteiger partial charge in [0.15, 0.2) is 5.82 Å². The van der Waals surface area contributed by atoms with E-state index >= 15 is 0 Å². The van der Waals surface area contributed by atoms with Crippen LogP contribution in [0.5, 0.6) is 0 Å². The average Bonchev–Trinajstić information content (AvgIpc) is 3.26. The summed E-state index contributed by atoms with van der Waals surface area (Å²) >= 11 is 0. The average molecular weight is 480 g/mol. The van der Waals surface area contributed by atoms with Gasteiger partial charge in [-0.15, -0.1) is 0 Å². The molecule has 35 heavy (non-hydrogen) atoms. The lowest BCUT2D eigenvalue weighted by atomic mass is 10.0. The molecule has 3 rings (SSSR count). The second-order valence-electron chi connectivity index (χ2n) is 8.73. The summed E-state index contributed by atoms with van der Waals surface area (Å²) in [6, 6.07) is 13.8. The van der Waals surface area contributed by atoms with Crippen molar-refractivity contribution < 1.29 is 18.7 Å². The zero-order valence-corrected chi connectivity index (χ0v) is 19.8. The van der Waals surface area contributed by atoms with E-state index in [2.05, 4.69) is 22.2 Å². The third-order valence-corrected chi connectivity index (χ3v) is 5.33. The second kappa shape index (κ2) is 11.5. The fraction of sp³-hybridized carbons (Fsp3) is 0.269. The first-order valence-corrected chi connectivity index (χ1v) is 11.1. The number of imidazole rings is 1. The number of nitrogens with one attached hydrogen (secondary N) is 2. The van der Waals surface area contributed by atoms with Gasteiger partial charge in [-0.2, -0.15) is 0 Å². The van der Waals surface area contributed by atoms with Gasteiger partial charge in [-0.25, -0.2) is 9.37 Å². The zero-order valence-electron chi connectivity index (χ0n) is 19.8. The third-order valence-electron chi connectivity index (χ3n) is 5.33. The standard InChI is InChI=1S/C26H30FN5O3/c1-18(26(2,3)28)30-22(16-35-15-19-8-5-4-6-9-19)25(34)31-24-13-32(17-29-24)23(14-33)20-10-7-11-21(27)12-20/h4-14,17,22-23,30H,1,15-16,28H2,2-3H3,(H,31,34). The van der Waals surface area contributed by atoms with Crippen molar-refractivity contribution in [3.8, 4) is 0 Å². The molecule has 0 aliphatic heterocycles. The van der Waals surface area contributed by atoms with Gasteiger partial charge >= 0.3 is 0 Å². The molecule has 1 amide bonds. The van der Waals surface area contributed by atoms with Gasteiger partial charge in [0.05, 0.1) is 19.5 Å². The molecule has 4 N–H and O–H groups in total. The van der Waals surface area contributed by atoms with Gasteiger partial charge in [-0.05, 0) is 37.1 Å². The molecule has 3 aromatic rings. The Morgan fingerprint density at radius 3 is 2.66 bits per heavy atom. The minimum Gasteiger partial charge on any atom is -0.374 e. The predicted octanol–water partition coefficient (Wildman–Crippen LogP) is 3.18. The summed E-state index contributed by atoms with van der Waals surface area (Å²) in [5, 5.41) is 5.77. The number of amides is 1. The molecule has 9 heteroatoms. The molecule has 0 saturated heterocycles. The highest BCUT2D eigenvalue weighted by Crippen LogP contribution is 2.19. The monoisotopic (exact) mass is 479 g/mol. The predicted molar refractivity (Wildman–Crippen MR) is 132 cm³/mol. The lowest BCUT2D eigenvalue weighted by Crippen LogP contribution is -2.49. The lowest BCUT2D eigenvalue weighted by molar-refractivity contribution is -0.119. The molecule has 0 fully saturated rings. The van der Waals surface area contributed by atoms with E-state index in [4.69, 9.17) is 10.5 Å². The largest absolute Gasteiger partial charge is 0.374 e. The Kier molecular flexibility index (Phi) is 8.51. The van der Waals surface area contributed by atoms with E-state index in [0.29, 0.717) is 24.2 Å². The maximum Gasteiger partial charge on any atom is 0.250 e. The third kappa shape index (κ3) is 7.33. The summed E-state index contributed by atoms with van der Waals surface area (Å²) in [7, 11) is 0. The van der Waals surface area contributed by atoms with Crippen LogP contribution in [0.4, 0.5) is 10.2 Å². The van der Waals surface area contributed by atoms with Gasteiger partial charge in [-0.1, -0.05) is 49.0 Å². The van der Waals surface area contributed by atoms with Crippen molar-refractivity contribution in [2.75, 3.05) is 11.9 Å². The van der Waals surface area contributed by atoms with Crippen LogP contribution in [0, 0.1) is 5.82 Å². The number of nitrogens with zero attached hydrogens (tertiary/aromatic N) is 2. The Morgan fingerprint density at radius 1 is 1.26 bits per heavy atom. The Balaban J connectivity index is 1.70. The molecule has 2 atom stereocenters. The molecule has 1 aromatic heterocycles. The second-order valence-corrected chi connectivity index (χ2v) is 8.73. The number of anilines is 1. The molecular weight excluding hydrogens is 449 g/mol. The molecule has 0 aliphatic rings. The Bertz CT molecular complexity index is 1160. The van der Waals surface area contributed by atoms with Crippen LogP contribution in [0.2, 0.25) is 0 Å². The maximum absolute atomic E-state index is 13.6. The van der Waals surface area contributed by atoms with E-state index in [9.17, 15) is 14.0 Å². The van der Waals surface area contributed by atoms with Crippen LogP contribution < -0.4 is 16.4 Å². The number of aldehydes is 1. The molecular formula is C26H30FN5O3. The molecule has 0 saturated carbocycles. The molecule has 184 valence electrons. The maximum atomic E-state index is 13.6. The van der Waals surface area contributed by atoms with Crippen LogP contribution in [0.15, 0.2) is 79.4 Å². The number of rotatable bonds is 12. The van der Waals surface area contributed by atoms with Crippen LogP contribution >= 0.6 is 0 Å². The SMILES string of the molecule is C=C(NC(COCc1ccccc1)C(=O)Nc1cn(C(C=O)c2cccc(F)c2)cn1)C(C)(C)N. The van der Waals surface area contributed by atoms with E-state index in [1.807, 2.05) is 30.3 Å². The van der Waals surface area contributed by atoms with Crippen molar-refractivity contribution in [2.45, 2.75) is 38.1 Å². The Morgan fingerprint density at radius 2 is 2.00 bits per heavy atom. The highest BCUT2D eigenvalue weighted by Gasteiger charge is 2.25. The highest BCUT2D eigenvalue weighted by molar-refractivity contribution is 5.94. The van der Waals surface area contributed by atoms with Gasteiger partial charge in [0.2, 0.25) is 5.91 Å². The zero-order chi connectivity index (χ0) is 25.4. The van der Waals surface area contributed by atoms with E-state index in [-0.39, 0.29) is 12.4 Å². The quantitative estimate of drug-likeness (QED) is 0.344. The normalized spacial score (nSPS) is 13.0. The van der Waals surface area contributed by atoms with E-state index < -0.39 is 29.3 Å². The van der Waals surface area contributed by atoms with Crippen molar-refractivity contribution in [2.24, 2.45) is 5.73 Å². The first-order chi connectivity index (χ1) is 16.7. The number of carbonyl (C=O) groups is 2. The highest BCUT2D eigenvalue weighted by atomic mass is 19.1. The molecule has 2 unspecified atom stereocenters. The van der Waals surface area contributed by atoms with Crippen LogP contribution in [0.25, 0.3) is 0 Å². The minimum atomic E-state index is -0.802. The molecule has 0 bridgehead atoms. The van der Waals surface area contributed by atoms with Gasteiger partial charge in [0.1, 0.15) is 24.2 Å². The van der Waals surface area contributed by atoms with E-state index in [1.54, 1.807) is 19.9 Å². The summed E-state index contributed by atoms with van der Waals surface area (Å²) in [5.41, 5.74) is 7.25. The summed E-state index contributed by atoms with van der Waals surface area (Å²) in [6.07, 6.45) is 3.58. The fourth-order valence-corrected chi connectivity index (χ4v) is 3.23.